The molecule has 0 saturated heterocycles. The van der Waals surface area contributed by atoms with Crippen molar-refractivity contribution < 1.29 is 32.9 Å². The Morgan fingerprint density at radius 3 is 2.27 bits per heavy atom. The van der Waals surface area contributed by atoms with Gasteiger partial charge in [-0.2, -0.15) is 0 Å². The quantitative estimate of drug-likeness (QED) is 0.488. The molecule has 9 heteroatoms. The Labute approximate surface area is 173 Å². The predicted molar refractivity (Wildman–Crippen MR) is 106 cm³/mol. The molecule has 1 atom stereocenters. The first-order chi connectivity index (χ1) is 14.5. The minimum atomic E-state index is -0.787. The first kappa shape index (κ1) is 21.0. The molecule has 0 amide bonds. The van der Waals surface area contributed by atoms with E-state index in [1.807, 2.05) is 18.2 Å². The molecule has 0 fully saturated rings. The molecule has 0 radical (unpaired) electrons. The fourth-order valence-corrected chi connectivity index (χ4v) is 2.63. The average molecular weight is 414 g/mol. The van der Waals surface area contributed by atoms with Gasteiger partial charge < -0.3 is 28.1 Å². The number of carbonyl (C=O) groups is 1. The number of carbonyl (C=O) groups excluding carboxylic acids is 1. The van der Waals surface area contributed by atoms with E-state index in [0.717, 1.165) is 0 Å². The van der Waals surface area contributed by atoms with Gasteiger partial charge in [-0.05, 0) is 31.2 Å². The highest BCUT2D eigenvalue weighted by Crippen LogP contribution is 2.40. The lowest BCUT2D eigenvalue weighted by molar-refractivity contribution is -0.153. The van der Waals surface area contributed by atoms with Crippen LogP contribution in [0.1, 0.15) is 12.8 Å². The highest BCUT2D eigenvalue weighted by atomic mass is 16.6. The molecule has 1 unspecified atom stereocenters. The number of benzene rings is 2. The molecule has 0 bridgehead atoms. The summed E-state index contributed by atoms with van der Waals surface area (Å²) in [5, 5.41) is 7.91. The fraction of sp³-hybridized carbons (Fsp3) is 0.286. The van der Waals surface area contributed by atoms with Crippen molar-refractivity contribution in [2.24, 2.45) is 0 Å². The second-order valence-corrected chi connectivity index (χ2v) is 6.10. The molecule has 158 valence electrons. The number of hydrogen-bond donors (Lipinski definition) is 0. The molecule has 3 aromatic rings. The summed E-state index contributed by atoms with van der Waals surface area (Å²) in [6.45, 7) is 1.42. The zero-order valence-corrected chi connectivity index (χ0v) is 17.1. The molecular weight excluding hydrogens is 392 g/mol. The lowest BCUT2D eigenvalue weighted by atomic mass is 10.2. The Morgan fingerprint density at radius 1 is 1.00 bits per heavy atom. The lowest BCUT2D eigenvalue weighted by Gasteiger charge is -2.13. The molecule has 0 N–H and O–H groups in total. The first-order valence-electron chi connectivity index (χ1n) is 9.06. The lowest BCUT2D eigenvalue weighted by Crippen LogP contribution is -2.26. The van der Waals surface area contributed by atoms with E-state index < -0.39 is 12.1 Å². The second-order valence-electron chi connectivity index (χ2n) is 6.10. The number of methoxy groups -OCH3 is 3. The number of rotatable bonds is 9. The molecule has 9 nitrogen and oxygen atoms in total. The largest absolute Gasteiger partial charge is 0.493 e. The molecular formula is C21H22N2O7. The summed E-state index contributed by atoms with van der Waals surface area (Å²) in [6, 6.07) is 12.4. The molecule has 30 heavy (non-hydrogen) atoms. The average Bonchev–Trinajstić information content (AvgIpc) is 3.26. The molecule has 3 rings (SSSR count). The van der Waals surface area contributed by atoms with Gasteiger partial charge in [-0.1, -0.05) is 18.2 Å². The minimum absolute atomic E-state index is 0.138. The van der Waals surface area contributed by atoms with Crippen molar-refractivity contribution >= 4 is 5.97 Å². The van der Waals surface area contributed by atoms with Crippen molar-refractivity contribution in [1.29, 1.82) is 0 Å². The Kier molecular flexibility index (Phi) is 6.74. The predicted octanol–water partition coefficient (Wildman–Crippen LogP) is 3.27. The molecule has 0 spiro atoms. The van der Waals surface area contributed by atoms with Crippen molar-refractivity contribution in [2.45, 2.75) is 19.6 Å². The maximum absolute atomic E-state index is 12.2. The van der Waals surface area contributed by atoms with Crippen LogP contribution in [0.4, 0.5) is 0 Å². The van der Waals surface area contributed by atoms with Crippen LogP contribution in [-0.4, -0.2) is 43.6 Å². The summed E-state index contributed by atoms with van der Waals surface area (Å²) < 4.78 is 32.3. The number of para-hydroxylation sites is 1. The molecule has 0 aliphatic carbocycles. The fourth-order valence-electron chi connectivity index (χ4n) is 2.63. The third-order valence-corrected chi connectivity index (χ3v) is 4.10. The zero-order chi connectivity index (χ0) is 21.5. The van der Waals surface area contributed by atoms with Gasteiger partial charge in [0.05, 0.1) is 21.3 Å². The van der Waals surface area contributed by atoms with E-state index in [9.17, 15) is 4.79 Å². The molecule has 1 aromatic heterocycles. The number of nitrogens with zero attached hydrogens (tertiary/aromatic N) is 2. The first-order valence-corrected chi connectivity index (χ1v) is 9.06. The van der Waals surface area contributed by atoms with Crippen LogP contribution in [-0.2, 0) is 16.1 Å². The van der Waals surface area contributed by atoms with Gasteiger partial charge in [0.1, 0.15) is 5.75 Å². The Bertz CT molecular complexity index is 963. The van der Waals surface area contributed by atoms with E-state index >= 15 is 0 Å². The summed E-state index contributed by atoms with van der Waals surface area (Å²) >= 11 is 0. The molecule has 0 saturated carbocycles. The monoisotopic (exact) mass is 414 g/mol. The third kappa shape index (κ3) is 4.80. The SMILES string of the molecule is COc1cc(-c2nnc(COC(=O)C(C)Oc3ccccc3)o2)cc(OC)c1OC. The van der Waals surface area contributed by atoms with E-state index in [-0.39, 0.29) is 18.4 Å². The highest BCUT2D eigenvalue weighted by Gasteiger charge is 2.20. The summed E-state index contributed by atoms with van der Waals surface area (Å²) in [7, 11) is 4.54. The Morgan fingerprint density at radius 2 is 1.67 bits per heavy atom. The van der Waals surface area contributed by atoms with Crippen LogP contribution in [0, 0.1) is 0 Å². The zero-order valence-electron chi connectivity index (χ0n) is 17.1. The number of ether oxygens (including phenoxy) is 5. The van der Waals surface area contributed by atoms with Gasteiger partial charge in [0.25, 0.3) is 5.89 Å². The van der Waals surface area contributed by atoms with E-state index in [4.69, 9.17) is 28.1 Å². The maximum Gasteiger partial charge on any atom is 0.347 e. The smallest absolute Gasteiger partial charge is 0.347 e. The van der Waals surface area contributed by atoms with Crippen molar-refractivity contribution in [3.8, 4) is 34.5 Å². The third-order valence-electron chi connectivity index (χ3n) is 4.10. The summed E-state index contributed by atoms with van der Waals surface area (Å²) in [6.07, 6.45) is -0.787. The summed E-state index contributed by atoms with van der Waals surface area (Å²) in [4.78, 5) is 12.2. The Hall–Kier alpha value is -3.75. The van der Waals surface area contributed by atoms with Crippen LogP contribution in [0.5, 0.6) is 23.0 Å². The summed E-state index contributed by atoms with van der Waals surface area (Å²) in [5.41, 5.74) is 0.565. The highest BCUT2D eigenvalue weighted by molar-refractivity contribution is 5.74. The normalized spacial score (nSPS) is 11.5. The van der Waals surface area contributed by atoms with Crippen LogP contribution in [0.3, 0.4) is 0 Å². The van der Waals surface area contributed by atoms with Crippen molar-refractivity contribution in [3.05, 3.63) is 48.4 Å². The van der Waals surface area contributed by atoms with Gasteiger partial charge in [0.15, 0.2) is 24.2 Å². The van der Waals surface area contributed by atoms with Crippen molar-refractivity contribution in [2.75, 3.05) is 21.3 Å². The number of hydrogen-bond acceptors (Lipinski definition) is 9. The van der Waals surface area contributed by atoms with E-state index in [1.54, 1.807) is 31.2 Å². The van der Waals surface area contributed by atoms with E-state index in [1.165, 1.54) is 21.3 Å². The maximum atomic E-state index is 12.2. The van der Waals surface area contributed by atoms with E-state index in [2.05, 4.69) is 10.2 Å². The summed E-state index contributed by atoms with van der Waals surface area (Å²) in [5.74, 6) is 1.73. The van der Waals surface area contributed by atoms with Crippen LogP contribution in [0.2, 0.25) is 0 Å². The van der Waals surface area contributed by atoms with Gasteiger partial charge in [-0.25, -0.2) is 4.79 Å². The van der Waals surface area contributed by atoms with Gasteiger partial charge in [-0.3, -0.25) is 0 Å². The standard InChI is InChI=1S/C21H22N2O7/c1-13(29-15-8-6-5-7-9-15)21(24)28-12-18-22-23-20(30-18)14-10-16(25-2)19(27-4)17(11-14)26-3/h5-11,13H,12H2,1-4H3. The van der Waals surface area contributed by atoms with Gasteiger partial charge in [0.2, 0.25) is 11.6 Å². The van der Waals surface area contributed by atoms with Gasteiger partial charge in [0, 0.05) is 5.56 Å². The van der Waals surface area contributed by atoms with Crippen LogP contribution >= 0.6 is 0 Å². The van der Waals surface area contributed by atoms with Gasteiger partial charge >= 0.3 is 5.97 Å². The minimum Gasteiger partial charge on any atom is -0.493 e. The van der Waals surface area contributed by atoms with Gasteiger partial charge in [-0.15, -0.1) is 10.2 Å². The Balaban J connectivity index is 1.66. The molecule has 2 aromatic carbocycles. The van der Waals surface area contributed by atoms with Crippen LogP contribution in [0.25, 0.3) is 11.5 Å². The van der Waals surface area contributed by atoms with Crippen molar-refractivity contribution in [3.63, 3.8) is 0 Å². The topological polar surface area (TPSA) is 102 Å². The van der Waals surface area contributed by atoms with Crippen LogP contribution < -0.4 is 18.9 Å². The van der Waals surface area contributed by atoms with Crippen LogP contribution in [0.15, 0.2) is 46.9 Å². The molecule has 0 aliphatic rings. The van der Waals surface area contributed by atoms with E-state index in [0.29, 0.717) is 28.6 Å². The second kappa shape index (κ2) is 9.64. The number of aromatic nitrogens is 2. The van der Waals surface area contributed by atoms with Crippen molar-refractivity contribution in [1.82, 2.24) is 10.2 Å². The molecule has 0 aliphatic heterocycles. The number of esters is 1. The molecule has 1 heterocycles.